The van der Waals surface area contributed by atoms with E-state index < -0.39 is 6.23 Å². The van der Waals surface area contributed by atoms with Crippen LogP contribution < -0.4 is 4.90 Å². The molecule has 1 atom stereocenters. The van der Waals surface area contributed by atoms with Crippen molar-refractivity contribution in [1.29, 1.82) is 0 Å². The van der Waals surface area contributed by atoms with Gasteiger partial charge in [0.15, 0.2) is 0 Å². The topological polar surface area (TPSA) is 84.2 Å². The lowest BCUT2D eigenvalue weighted by molar-refractivity contribution is 0.0917. The second-order valence-corrected chi connectivity index (χ2v) is 4.76. The summed E-state index contributed by atoms with van der Waals surface area (Å²) in [4.78, 5) is 1.66. The van der Waals surface area contributed by atoms with Crippen molar-refractivity contribution < 1.29 is 20.4 Å². The van der Waals surface area contributed by atoms with E-state index in [2.05, 4.69) is 0 Å². The van der Waals surface area contributed by atoms with Gasteiger partial charge in [0.25, 0.3) is 0 Å². The Morgan fingerprint density at radius 1 is 1.00 bits per heavy atom. The maximum absolute atomic E-state index is 9.94. The van der Waals surface area contributed by atoms with E-state index >= 15 is 0 Å². The van der Waals surface area contributed by atoms with Gasteiger partial charge in [-0.15, -0.1) is 0 Å². The average Bonchev–Trinajstić information content (AvgIpc) is 2.50. The van der Waals surface area contributed by atoms with Gasteiger partial charge in [0.2, 0.25) is 0 Å². The smallest absolute Gasteiger partial charge is 0.150 e. The van der Waals surface area contributed by atoms with E-state index in [9.17, 15) is 20.4 Å². The second kappa shape index (κ2) is 6.97. The Balaban J connectivity index is 2.13. The molecule has 21 heavy (non-hydrogen) atoms. The van der Waals surface area contributed by atoms with Gasteiger partial charge in [-0.25, -0.2) is 0 Å². The normalized spacial score (nSPS) is 12.1. The van der Waals surface area contributed by atoms with Crippen LogP contribution in [-0.4, -0.2) is 39.8 Å². The van der Waals surface area contributed by atoms with E-state index in [4.69, 9.17) is 0 Å². The van der Waals surface area contributed by atoms with Crippen LogP contribution in [0.4, 0.5) is 5.69 Å². The number of para-hydroxylation sites is 1. The highest BCUT2D eigenvalue weighted by atomic mass is 16.3. The summed E-state index contributed by atoms with van der Waals surface area (Å²) in [5.41, 5.74) is 1.45. The van der Waals surface area contributed by atoms with Crippen LogP contribution in [-0.2, 0) is 6.42 Å². The first kappa shape index (κ1) is 15.2. The number of aliphatic hydroxyl groups is 2. The quantitative estimate of drug-likeness (QED) is 0.605. The number of aliphatic hydroxyl groups excluding tert-OH is 2. The lowest BCUT2D eigenvalue weighted by atomic mass is 10.1. The fourth-order valence-corrected chi connectivity index (χ4v) is 2.17. The molecule has 0 saturated heterocycles. The summed E-state index contributed by atoms with van der Waals surface area (Å²) in [5, 5.41) is 38.2. The third-order valence-corrected chi connectivity index (χ3v) is 3.30. The van der Waals surface area contributed by atoms with E-state index in [1.165, 1.54) is 12.1 Å². The summed E-state index contributed by atoms with van der Waals surface area (Å²) in [7, 11) is 0. The molecule has 0 heterocycles. The second-order valence-electron chi connectivity index (χ2n) is 4.76. The SMILES string of the molecule is OCC(O)N(CCc1ccc(O)cc1O)c1ccccc1. The monoisotopic (exact) mass is 289 g/mol. The van der Waals surface area contributed by atoms with Crippen molar-refractivity contribution in [2.75, 3.05) is 18.1 Å². The van der Waals surface area contributed by atoms with Crippen molar-refractivity contribution in [1.82, 2.24) is 0 Å². The molecule has 0 bridgehead atoms. The predicted octanol–water partition coefficient (Wildman–Crippen LogP) is 1.46. The lowest BCUT2D eigenvalue weighted by Crippen LogP contribution is -2.39. The van der Waals surface area contributed by atoms with Crippen molar-refractivity contribution in [3.05, 3.63) is 54.1 Å². The van der Waals surface area contributed by atoms with Crippen molar-refractivity contribution in [2.24, 2.45) is 0 Å². The molecule has 0 aliphatic heterocycles. The highest BCUT2D eigenvalue weighted by Crippen LogP contribution is 2.24. The zero-order valence-corrected chi connectivity index (χ0v) is 11.6. The van der Waals surface area contributed by atoms with Gasteiger partial charge in [-0.1, -0.05) is 24.3 Å². The number of rotatable bonds is 6. The minimum atomic E-state index is -1.01. The van der Waals surface area contributed by atoms with Gasteiger partial charge in [0, 0.05) is 18.3 Å². The van der Waals surface area contributed by atoms with Crippen LogP contribution in [0, 0.1) is 0 Å². The van der Waals surface area contributed by atoms with Crippen LogP contribution in [0.5, 0.6) is 11.5 Å². The molecule has 0 aliphatic rings. The van der Waals surface area contributed by atoms with Crippen molar-refractivity contribution >= 4 is 5.69 Å². The molecule has 2 rings (SSSR count). The molecule has 0 radical (unpaired) electrons. The van der Waals surface area contributed by atoms with Gasteiger partial charge in [0.05, 0.1) is 6.61 Å². The van der Waals surface area contributed by atoms with E-state index in [1.807, 2.05) is 30.3 Å². The summed E-state index contributed by atoms with van der Waals surface area (Å²) in [6, 6.07) is 13.7. The van der Waals surface area contributed by atoms with Crippen LogP contribution in [0.2, 0.25) is 0 Å². The number of benzene rings is 2. The number of phenolic OH excluding ortho intramolecular Hbond substituents is 2. The van der Waals surface area contributed by atoms with Crippen LogP contribution in [0.25, 0.3) is 0 Å². The third-order valence-electron chi connectivity index (χ3n) is 3.30. The van der Waals surface area contributed by atoms with E-state index in [1.54, 1.807) is 11.0 Å². The van der Waals surface area contributed by atoms with E-state index in [0.717, 1.165) is 5.69 Å². The Morgan fingerprint density at radius 3 is 2.33 bits per heavy atom. The van der Waals surface area contributed by atoms with Gasteiger partial charge in [-0.05, 0) is 30.2 Å². The molecule has 0 amide bonds. The zero-order chi connectivity index (χ0) is 15.2. The maximum atomic E-state index is 9.94. The van der Waals surface area contributed by atoms with Gasteiger partial charge in [-0.3, -0.25) is 0 Å². The van der Waals surface area contributed by atoms with Gasteiger partial charge in [0.1, 0.15) is 17.7 Å². The van der Waals surface area contributed by atoms with Crippen LogP contribution in [0.3, 0.4) is 0 Å². The molecule has 0 spiro atoms. The number of hydrogen-bond donors (Lipinski definition) is 4. The predicted molar refractivity (Wildman–Crippen MR) is 80.4 cm³/mol. The zero-order valence-electron chi connectivity index (χ0n) is 11.6. The average molecular weight is 289 g/mol. The number of anilines is 1. The van der Waals surface area contributed by atoms with Crippen molar-refractivity contribution in [3.8, 4) is 11.5 Å². The molecule has 5 heteroatoms. The molecule has 0 aromatic heterocycles. The van der Waals surface area contributed by atoms with Crippen molar-refractivity contribution in [3.63, 3.8) is 0 Å². The molecule has 0 fully saturated rings. The Morgan fingerprint density at radius 2 is 1.71 bits per heavy atom. The van der Waals surface area contributed by atoms with Crippen molar-refractivity contribution in [2.45, 2.75) is 12.6 Å². The standard InChI is InChI=1S/C16H19NO4/c18-11-16(21)17(13-4-2-1-3-5-13)9-8-12-6-7-14(19)10-15(12)20/h1-7,10,16,18-21H,8-9,11H2. The van der Waals surface area contributed by atoms with E-state index in [0.29, 0.717) is 18.5 Å². The number of phenols is 2. The van der Waals surface area contributed by atoms with Gasteiger partial charge in [-0.2, -0.15) is 0 Å². The number of hydrogen-bond acceptors (Lipinski definition) is 5. The fraction of sp³-hybridized carbons (Fsp3) is 0.250. The summed E-state index contributed by atoms with van der Waals surface area (Å²) >= 11 is 0. The van der Waals surface area contributed by atoms with Gasteiger partial charge >= 0.3 is 0 Å². The maximum Gasteiger partial charge on any atom is 0.150 e. The van der Waals surface area contributed by atoms with Crippen LogP contribution in [0.15, 0.2) is 48.5 Å². The summed E-state index contributed by atoms with van der Waals surface area (Å²) in [6.45, 7) is 0.0422. The number of aromatic hydroxyl groups is 2. The molecule has 2 aromatic carbocycles. The minimum Gasteiger partial charge on any atom is -0.508 e. The molecule has 2 aromatic rings. The lowest BCUT2D eigenvalue weighted by Gasteiger charge is -2.29. The Kier molecular flexibility index (Phi) is 5.03. The highest BCUT2D eigenvalue weighted by molar-refractivity contribution is 5.47. The molecule has 5 nitrogen and oxygen atoms in total. The molecular weight excluding hydrogens is 270 g/mol. The number of nitrogens with zero attached hydrogens (tertiary/aromatic N) is 1. The summed E-state index contributed by atoms with van der Waals surface area (Å²) in [5.74, 6) is 0.0214. The molecule has 112 valence electrons. The van der Waals surface area contributed by atoms with Crippen LogP contribution in [0.1, 0.15) is 5.56 Å². The van der Waals surface area contributed by atoms with Gasteiger partial charge < -0.3 is 25.3 Å². The Hall–Kier alpha value is -2.24. The summed E-state index contributed by atoms with van der Waals surface area (Å²) < 4.78 is 0. The fourth-order valence-electron chi connectivity index (χ4n) is 2.17. The third kappa shape index (κ3) is 3.87. The molecule has 0 saturated carbocycles. The molecule has 4 N–H and O–H groups in total. The van der Waals surface area contributed by atoms with E-state index in [-0.39, 0.29) is 18.1 Å². The first-order chi connectivity index (χ1) is 10.1. The first-order valence-electron chi connectivity index (χ1n) is 6.73. The Labute approximate surface area is 123 Å². The largest absolute Gasteiger partial charge is 0.508 e. The summed E-state index contributed by atoms with van der Waals surface area (Å²) in [6.07, 6.45) is -0.537. The molecular formula is C16H19NO4. The Bertz CT molecular complexity index is 574. The molecule has 1 unspecified atom stereocenters. The first-order valence-corrected chi connectivity index (χ1v) is 6.73. The van der Waals surface area contributed by atoms with Crippen LogP contribution >= 0.6 is 0 Å². The minimum absolute atomic E-state index is 0.00607. The molecule has 0 aliphatic carbocycles. The highest BCUT2D eigenvalue weighted by Gasteiger charge is 2.15.